The predicted octanol–water partition coefficient (Wildman–Crippen LogP) is 1.66. The van der Waals surface area contributed by atoms with Gasteiger partial charge >= 0.3 is 0 Å². The topological polar surface area (TPSA) is 41.6 Å². The minimum atomic E-state index is -0.511. The lowest BCUT2D eigenvalue weighted by Crippen LogP contribution is -2.46. The molecule has 0 saturated carbocycles. The molecule has 1 saturated heterocycles. The molecule has 4 nitrogen and oxygen atoms in total. The summed E-state index contributed by atoms with van der Waals surface area (Å²) >= 11 is 0. The van der Waals surface area contributed by atoms with Crippen molar-refractivity contribution in [3.63, 3.8) is 0 Å². The molecule has 1 aromatic rings. The van der Waals surface area contributed by atoms with Crippen LogP contribution in [0.2, 0.25) is 0 Å². The summed E-state index contributed by atoms with van der Waals surface area (Å²) in [5.41, 5.74) is 0.353. The quantitative estimate of drug-likeness (QED) is 0.904. The van der Waals surface area contributed by atoms with Crippen LogP contribution in [0.15, 0.2) is 18.2 Å². The number of hydrogen-bond donors (Lipinski definition) is 1. The number of piperidine rings is 1. The van der Waals surface area contributed by atoms with Crippen LogP contribution in [0.25, 0.3) is 0 Å². The fourth-order valence-corrected chi connectivity index (χ4v) is 2.33. The third-order valence-corrected chi connectivity index (χ3v) is 3.54. The second-order valence-electron chi connectivity index (χ2n) is 4.77. The molecule has 1 heterocycles. The van der Waals surface area contributed by atoms with Gasteiger partial charge in [0.1, 0.15) is 0 Å². The molecule has 2 rings (SSSR count). The van der Waals surface area contributed by atoms with E-state index in [2.05, 4.69) is 5.32 Å². The van der Waals surface area contributed by atoms with E-state index in [9.17, 15) is 9.18 Å². The Bertz CT molecular complexity index is 459. The molecular weight excluding hydrogens is 247 g/mol. The van der Waals surface area contributed by atoms with Crippen molar-refractivity contribution in [2.45, 2.75) is 18.9 Å². The molecule has 0 aromatic heterocycles. The molecule has 1 aliphatic rings. The highest BCUT2D eigenvalue weighted by Crippen LogP contribution is 2.19. The highest BCUT2D eigenvalue weighted by molar-refractivity contribution is 5.94. The van der Waals surface area contributed by atoms with E-state index in [4.69, 9.17) is 4.74 Å². The van der Waals surface area contributed by atoms with Crippen molar-refractivity contribution >= 4 is 5.91 Å². The van der Waals surface area contributed by atoms with Gasteiger partial charge in [-0.15, -0.1) is 0 Å². The van der Waals surface area contributed by atoms with Crippen LogP contribution in [0, 0.1) is 5.82 Å². The number of amides is 1. The largest absolute Gasteiger partial charge is 0.494 e. The third kappa shape index (κ3) is 3.04. The lowest BCUT2D eigenvalue weighted by atomic mass is 10.1. The van der Waals surface area contributed by atoms with E-state index >= 15 is 0 Å². The minimum absolute atomic E-state index is 0.151. The smallest absolute Gasteiger partial charge is 0.253 e. The Hall–Kier alpha value is -1.62. The molecule has 1 amide bonds. The molecule has 0 bridgehead atoms. The molecular formula is C14H19FN2O2. The van der Waals surface area contributed by atoms with Crippen molar-refractivity contribution in [3.8, 4) is 5.75 Å². The Balaban J connectivity index is 2.12. The van der Waals surface area contributed by atoms with Gasteiger partial charge in [0.05, 0.1) is 7.11 Å². The summed E-state index contributed by atoms with van der Waals surface area (Å²) in [6.45, 7) is 1.79. The van der Waals surface area contributed by atoms with E-state index in [0.717, 1.165) is 25.9 Å². The summed E-state index contributed by atoms with van der Waals surface area (Å²) in [6, 6.07) is 4.48. The Morgan fingerprint density at radius 3 is 2.89 bits per heavy atom. The maximum atomic E-state index is 13.6. The van der Waals surface area contributed by atoms with Crippen LogP contribution in [0.5, 0.6) is 5.75 Å². The molecule has 1 aliphatic heterocycles. The van der Waals surface area contributed by atoms with Crippen LogP contribution < -0.4 is 10.1 Å². The second-order valence-corrected chi connectivity index (χ2v) is 4.77. The maximum Gasteiger partial charge on any atom is 0.253 e. The van der Waals surface area contributed by atoms with E-state index in [1.165, 1.54) is 19.2 Å². The van der Waals surface area contributed by atoms with Crippen molar-refractivity contribution in [1.82, 2.24) is 10.2 Å². The van der Waals surface area contributed by atoms with Gasteiger partial charge in [0.2, 0.25) is 0 Å². The molecule has 104 valence electrons. The molecule has 1 atom stereocenters. The summed E-state index contributed by atoms with van der Waals surface area (Å²) in [5, 5.41) is 3.26. The number of rotatable bonds is 3. The van der Waals surface area contributed by atoms with Crippen LogP contribution in [0.1, 0.15) is 23.2 Å². The van der Waals surface area contributed by atoms with Gasteiger partial charge in [-0.3, -0.25) is 4.79 Å². The summed E-state index contributed by atoms with van der Waals surface area (Å²) in [5.74, 6) is -0.516. The minimum Gasteiger partial charge on any atom is -0.494 e. The zero-order valence-corrected chi connectivity index (χ0v) is 11.3. The second kappa shape index (κ2) is 6.02. The highest BCUT2D eigenvalue weighted by atomic mass is 19.1. The van der Waals surface area contributed by atoms with Gasteiger partial charge in [0.15, 0.2) is 11.6 Å². The molecule has 0 radical (unpaired) electrons. The van der Waals surface area contributed by atoms with Crippen LogP contribution >= 0.6 is 0 Å². The Labute approximate surface area is 112 Å². The zero-order valence-electron chi connectivity index (χ0n) is 11.3. The van der Waals surface area contributed by atoms with Gasteiger partial charge in [-0.25, -0.2) is 4.39 Å². The molecule has 19 heavy (non-hydrogen) atoms. The Kier molecular flexibility index (Phi) is 4.37. The molecule has 0 aliphatic carbocycles. The van der Waals surface area contributed by atoms with E-state index in [1.54, 1.807) is 18.0 Å². The predicted molar refractivity (Wildman–Crippen MR) is 70.9 cm³/mol. The van der Waals surface area contributed by atoms with E-state index in [1.807, 2.05) is 0 Å². The van der Waals surface area contributed by atoms with Gasteiger partial charge in [0.25, 0.3) is 5.91 Å². The summed E-state index contributed by atoms with van der Waals surface area (Å²) in [6.07, 6.45) is 2.03. The monoisotopic (exact) mass is 266 g/mol. The van der Waals surface area contributed by atoms with Gasteiger partial charge < -0.3 is 15.0 Å². The highest BCUT2D eigenvalue weighted by Gasteiger charge is 2.23. The molecule has 1 unspecified atom stereocenters. The van der Waals surface area contributed by atoms with E-state index < -0.39 is 5.82 Å². The molecule has 1 N–H and O–H groups in total. The standard InChI is InChI=1S/C14H19FN2O2/c1-17(11-4-3-7-16-9-11)14(18)10-5-6-13(19-2)12(15)8-10/h5-6,8,11,16H,3-4,7,9H2,1-2H3. The number of carbonyl (C=O) groups excluding carboxylic acids is 1. The van der Waals surface area contributed by atoms with Crippen molar-refractivity contribution in [3.05, 3.63) is 29.6 Å². The first kappa shape index (κ1) is 13.8. The van der Waals surface area contributed by atoms with Gasteiger partial charge in [-0.1, -0.05) is 0 Å². The third-order valence-electron chi connectivity index (χ3n) is 3.54. The lowest BCUT2D eigenvalue weighted by molar-refractivity contribution is 0.0707. The van der Waals surface area contributed by atoms with Gasteiger partial charge in [0, 0.05) is 25.2 Å². The molecule has 1 aromatic carbocycles. The molecule has 0 spiro atoms. The fraction of sp³-hybridized carbons (Fsp3) is 0.500. The Morgan fingerprint density at radius 2 is 2.32 bits per heavy atom. The van der Waals surface area contributed by atoms with E-state index in [0.29, 0.717) is 5.56 Å². The first-order valence-corrected chi connectivity index (χ1v) is 6.45. The molecule has 5 heteroatoms. The summed E-state index contributed by atoms with van der Waals surface area (Å²) in [7, 11) is 3.17. The number of nitrogens with one attached hydrogen (secondary N) is 1. The van der Waals surface area contributed by atoms with E-state index in [-0.39, 0.29) is 17.7 Å². The lowest BCUT2D eigenvalue weighted by Gasteiger charge is -2.31. The summed E-state index contributed by atoms with van der Waals surface area (Å²) < 4.78 is 18.5. The number of methoxy groups -OCH3 is 1. The number of halogens is 1. The number of carbonyl (C=O) groups is 1. The normalized spacial score (nSPS) is 19.0. The number of likely N-dealkylation sites (N-methyl/N-ethyl adjacent to an activating group) is 1. The molecule has 1 fully saturated rings. The first-order chi connectivity index (χ1) is 9.13. The number of hydrogen-bond acceptors (Lipinski definition) is 3. The fourth-order valence-electron chi connectivity index (χ4n) is 2.33. The Morgan fingerprint density at radius 1 is 1.53 bits per heavy atom. The number of nitrogens with zero attached hydrogens (tertiary/aromatic N) is 1. The van der Waals surface area contributed by atoms with Crippen LogP contribution in [-0.4, -0.2) is 44.1 Å². The van der Waals surface area contributed by atoms with Crippen LogP contribution in [-0.2, 0) is 0 Å². The average Bonchev–Trinajstić information content (AvgIpc) is 2.46. The first-order valence-electron chi connectivity index (χ1n) is 6.45. The van der Waals surface area contributed by atoms with Crippen molar-refractivity contribution < 1.29 is 13.9 Å². The van der Waals surface area contributed by atoms with Crippen molar-refractivity contribution in [1.29, 1.82) is 0 Å². The van der Waals surface area contributed by atoms with Crippen LogP contribution in [0.3, 0.4) is 0 Å². The van der Waals surface area contributed by atoms with Crippen molar-refractivity contribution in [2.75, 3.05) is 27.2 Å². The summed E-state index contributed by atoms with van der Waals surface area (Å²) in [4.78, 5) is 14.0. The van der Waals surface area contributed by atoms with Gasteiger partial charge in [-0.2, -0.15) is 0 Å². The SMILES string of the molecule is COc1ccc(C(=O)N(C)C2CCCNC2)cc1F. The maximum absolute atomic E-state index is 13.6. The van der Waals surface area contributed by atoms with Gasteiger partial charge in [-0.05, 0) is 37.6 Å². The number of benzene rings is 1. The van der Waals surface area contributed by atoms with Crippen LogP contribution in [0.4, 0.5) is 4.39 Å². The zero-order chi connectivity index (χ0) is 13.8. The average molecular weight is 266 g/mol. The van der Waals surface area contributed by atoms with Crippen molar-refractivity contribution in [2.24, 2.45) is 0 Å². The number of ether oxygens (including phenoxy) is 1.